The minimum atomic E-state index is -0.171. The third-order valence-corrected chi connectivity index (χ3v) is 1.91. The van der Waals surface area contributed by atoms with Crippen molar-refractivity contribution >= 4 is 5.97 Å². The van der Waals surface area contributed by atoms with Crippen LogP contribution in [-0.4, -0.2) is 12.1 Å². The highest BCUT2D eigenvalue weighted by Crippen LogP contribution is 2.26. The van der Waals surface area contributed by atoms with E-state index in [1.165, 1.54) is 0 Å². The molecule has 0 aromatic rings. The Labute approximate surface area is 60.6 Å². The molecule has 0 spiro atoms. The minimum Gasteiger partial charge on any atom is -0.461 e. The summed E-state index contributed by atoms with van der Waals surface area (Å²) in [5.74, 6) is 2.22. The molecule has 0 amide bonds. The fourth-order valence-corrected chi connectivity index (χ4v) is 1.20. The lowest BCUT2D eigenvalue weighted by atomic mass is 9.94. The zero-order valence-electron chi connectivity index (χ0n) is 6.13. The summed E-state index contributed by atoms with van der Waals surface area (Å²) in [5.41, 5.74) is 0. The lowest BCUT2D eigenvalue weighted by Gasteiger charge is -2.06. The highest BCUT2D eigenvalue weighted by molar-refractivity contribution is 5.75. The first kappa shape index (κ1) is 7.14. The van der Waals surface area contributed by atoms with Gasteiger partial charge in [0.25, 0.3) is 0 Å². The van der Waals surface area contributed by atoms with Crippen LogP contribution < -0.4 is 0 Å². The molecule has 3 atom stereocenters. The van der Waals surface area contributed by atoms with E-state index in [0.29, 0.717) is 0 Å². The maximum Gasteiger partial charge on any atom is 0.310 e. The number of carbonyl (C=O) groups is 1. The van der Waals surface area contributed by atoms with Crippen molar-refractivity contribution in [2.45, 2.75) is 20.0 Å². The second-order valence-electron chi connectivity index (χ2n) is 2.62. The predicted molar refractivity (Wildman–Crippen MR) is 37.0 cm³/mol. The highest BCUT2D eigenvalue weighted by atomic mass is 16.6. The van der Waals surface area contributed by atoms with E-state index in [4.69, 9.17) is 11.2 Å². The molecule has 0 saturated carbocycles. The molecule has 2 heteroatoms. The summed E-state index contributed by atoms with van der Waals surface area (Å²) in [7, 11) is 0. The summed E-state index contributed by atoms with van der Waals surface area (Å²) >= 11 is 0. The van der Waals surface area contributed by atoms with Crippen LogP contribution in [0.1, 0.15) is 13.8 Å². The number of hydrogen-bond donors (Lipinski definition) is 0. The number of esters is 1. The summed E-state index contributed by atoms with van der Waals surface area (Å²) in [5, 5.41) is 0. The maximum absolute atomic E-state index is 10.8. The number of cyclic esters (lactones) is 1. The highest BCUT2D eigenvalue weighted by Gasteiger charge is 2.37. The predicted octanol–water partition coefficient (Wildman–Crippen LogP) is 0.817. The Balaban J connectivity index is 2.76. The van der Waals surface area contributed by atoms with E-state index in [9.17, 15) is 4.79 Å². The molecule has 1 aliphatic heterocycles. The van der Waals surface area contributed by atoms with Crippen LogP contribution in [0, 0.1) is 24.2 Å². The van der Waals surface area contributed by atoms with Gasteiger partial charge >= 0.3 is 5.97 Å². The Hall–Kier alpha value is -0.970. The van der Waals surface area contributed by atoms with Gasteiger partial charge in [0.05, 0.1) is 11.8 Å². The molecule has 0 aromatic heterocycles. The van der Waals surface area contributed by atoms with Crippen molar-refractivity contribution in [3.8, 4) is 12.3 Å². The topological polar surface area (TPSA) is 26.3 Å². The van der Waals surface area contributed by atoms with Gasteiger partial charge < -0.3 is 4.74 Å². The molecule has 54 valence electrons. The zero-order valence-corrected chi connectivity index (χ0v) is 6.13. The molecule has 0 unspecified atom stereocenters. The Morgan fingerprint density at radius 3 is 2.40 bits per heavy atom. The van der Waals surface area contributed by atoms with Gasteiger partial charge in [0.1, 0.15) is 6.10 Å². The molecule has 1 fully saturated rings. The second kappa shape index (κ2) is 2.34. The Bertz CT molecular complexity index is 190. The first-order valence-corrected chi connectivity index (χ1v) is 3.33. The Kier molecular flexibility index (Phi) is 1.67. The third-order valence-electron chi connectivity index (χ3n) is 1.91. The number of hydrogen-bond acceptors (Lipinski definition) is 2. The molecule has 1 saturated heterocycles. The Morgan fingerprint density at radius 2 is 2.20 bits per heavy atom. The van der Waals surface area contributed by atoms with Crippen LogP contribution in [-0.2, 0) is 9.53 Å². The SMILES string of the molecule is C#C[C@H]1[C@@H](C)OC(=O)[C@@H]1C. The van der Waals surface area contributed by atoms with E-state index in [-0.39, 0.29) is 23.9 Å². The van der Waals surface area contributed by atoms with Gasteiger partial charge in [-0.3, -0.25) is 4.79 Å². The van der Waals surface area contributed by atoms with E-state index >= 15 is 0 Å². The zero-order chi connectivity index (χ0) is 7.72. The first-order chi connectivity index (χ1) is 4.66. The van der Waals surface area contributed by atoms with Crippen molar-refractivity contribution in [2.24, 2.45) is 11.8 Å². The molecule has 10 heavy (non-hydrogen) atoms. The molecule has 0 radical (unpaired) electrons. The maximum atomic E-state index is 10.8. The van der Waals surface area contributed by atoms with Crippen molar-refractivity contribution in [2.75, 3.05) is 0 Å². The number of carbonyl (C=O) groups excluding carboxylic acids is 1. The summed E-state index contributed by atoms with van der Waals surface area (Å²) in [6.07, 6.45) is 5.09. The Morgan fingerprint density at radius 1 is 1.60 bits per heavy atom. The normalized spacial score (nSPS) is 38.9. The monoisotopic (exact) mass is 138 g/mol. The summed E-state index contributed by atoms with van der Waals surface area (Å²) in [6, 6.07) is 0. The van der Waals surface area contributed by atoms with Crippen molar-refractivity contribution < 1.29 is 9.53 Å². The van der Waals surface area contributed by atoms with Gasteiger partial charge in [-0.05, 0) is 6.92 Å². The molecule has 0 N–H and O–H groups in total. The quantitative estimate of drug-likeness (QED) is 0.366. The van der Waals surface area contributed by atoms with Crippen LogP contribution in [0.5, 0.6) is 0 Å². The lowest BCUT2D eigenvalue weighted by molar-refractivity contribution is -0.143. The molecule has 1 aliphatic rings. The van der Waals surface area contributed by atoms with Crippen LogP contribution in [0.15, 0.2) is 0 Å². The number of rotatable bonds is 0. The van der Waals surface area contributed by atoms with Crippen molar-refractivity contribution in [3.05, 3.63) is 0 Å². The average Bonchev–Trinajstić information content (AvgIpc) is 2.09. The molecule has 1 rings (SSSR count). The van der Waals surface area contributed by atoms with Crippen LogP contribution >= 0.6 is 0 Å². The lowest BCUT2D eigenvalue weighted by Crippen LogP contribution is -2.13. The molecular formula is C8H10O2. The van der Waals surface area contributed by atoms with Crippen LogP contribution in [0.4, 0.5) is 0 Å². The van der Waals surface area contributed by atoms with Gasteiger partial charge in [-0.2, -0.15) is 0 Å². The largest absolute Gasteiger partial charge is 0.461 e. The van der Waals surface area contributed by atoms with E-state index in [1.807, 2.05) is 6.92 Å². The van der Waals surface area contributed by atoms with Gasteiger partial charge in [0.15, 0.2) is 0 Å². The van der Waals surface area contributed by atoms with E-state index in [0.717, 1.165) is 0 Å². The van der Waals surface area contributed by atoms with Gasteiger partial charge in [0, 0.05) is 0 Å². The van der Waals surface area contributed by atoms with Gasteiger partial charge in [-0.15, -0.1) is 6.42 Å². The average molecular weight is 138 g/mol. The van der Waals surface area contributed by atoms with Crippen LogP contribution in [0.3, 0.4) is 0 Å². The standard InChI is InChI=1S/C8H10O2/c1-4-7-5(2)8(9)10-6(7)3/h1,5-7H,2-3H3/t5-,6-,7-/m1/s1. The first-order valence-electron chi connectivity index (χ1n) is 3.33. The molecule has 0 aliphatic carbocycles. The summed E-state index contributed by atoms with van der Waals surface area (Å²) in [6.45, 7) is 3.63. The van der Waals surface area contributed by atoms with Gasteiger partial charge in [0.2, 0.25) is 0 Å². The molecule has 0 aromatic carbocycles. The van der Waals surface area contributed by atoms with Gasteiger partial charge in [-0.25, -0.2) is 0 Å². The fraction of sp³-hybridized carbons (Fsp3) is 0.625. The number of terminal acetylenes is 1. The van der Waals surface area contributed by atoms with Crippen LogP contribution in [0.25, 0.3) is 0 Å². The van der Waals surface area contributed by atoms with E-state index < -0.39 is 0 Å². The van der Waals surface area contributed by atoms with Crippen molar-refractivity contribution in [3.63, 3.8) is 0 Å². The molecule has 2 nitrogen and oxygen atoms in total. The molecule has 1 heterocycles. The van der Waals surface area contributed by atoms with Crippen molar-refractivity contribution in [1.82, 2.24) is 0 Å². The van der Waals surface area contributed by atoms with Crippen LogP contribution in [0.2, 0.25) is 0 Å². The van der Waals surface area contributed by atoms with E-state index in [1.54, 1.807) is 6.92 Å². The fourth-order valence-electron chi connectivity index (χ4n) is 1.20. The minimum absolute atomic E-state index is 0.0347. The third kappa shape index (κ3) is 0.881. The summed E-state index contributed by atoms with van der Waals surface area (Å²) in [4.78, 5) is 10.8. The summed E-state index contributed by atoms with van der Waals surface area (Å²) < 4.78 is 4.90. The van der Waals surface area contributed by atoms with Crippen molar-refractivity contribution in [1.29, 1.82) is 0 Å². The molecule has 0 bridgehead atoms. The van der Waals surface area contributed by atoms with E-state index in [2.05, 4.69) is 5.92 Å². The second-order valence-corrected chi connectivity index (χ2v) is 2.62. The molecular weight excluding hydrogens is 128 g/mol. The van der Waals surface area contributed by atoms with Gasteiger partial charge in [-0.1, -0.05) is 12.8 Å². The smallest absolute Gasteiger partial charge is 0.310 e. The number of ether oxygens (including phenoxy) is 1.